The summed E-state index contributed by atoms with van der Waals surface area (Å²) >= 11 is 1.60. The fourth-order valence-electron chi connectivity index (χ4n) is 2.02. The molecule has 3 amide bonds. The maximum atomic E-state index is 11.3. The molecule has 1 aromatic rings. The number of nitrogens with zero attached hydrogens (tertiary/aromatic N) is 3. The molecule has 0 radical (unpaired) electrons. The second kappa shape index (κ2) is 5.59. The number of hydrogen-bond acceptors (Lipinski definition) is 6. The van der Waals surface area contributed by atoms with Crippen LogP contribution in [0.2, 0.25) is 0 Å². The minimum Gasteiger partial charge on any atom is -0.378 e. The first kappa shape index (κ1) is 13.1. The van der Waals surface area contributed by atoms with Crippen LogP contribution in [0.15, 0.2) is 17.2 Å². The van der Waals surface area contributed by atoms with Crippen LogP contribution in [-0.2, 0) is 9.53 Å². The van der Waals surface area contributed by atoms with E-state index in [9.17, 15) is 9.59 Å². The Labute approximate surface area is 119 Å². The summed E-state index contributed by atoms with van der Waals surface area (Å²) in [6.07, 6.45) is 1.60. The molecule has 0 atom stereocenters. The number of imide groups is 1. The van der Waals surface area contributed by atoms with Gasteiger partial charge in [0.2, 0.25) is 5.91 Å². The van der Waals surface area contributed by atoms with E-state index in [-0.39, 0.29) is 12.5 Å². The molecule has 106 valence electrons. The summed E-state index contributed by atoms with van der Waals surface area (Å²) in [6.45, 7) is 3.26. The summed E-state index contributed by atoms with van der Waals surface area (Å²) in [5, 5.41) is 8.49. The van der Waals surface area contributed by atoms with Crippen LogP contribution in [-0.4, -0.2) is 56.0 Å². The van der Waals surface area contributed by atoms with Gasteiger partial charge in [-0.3, -0.25) is 10.1 Å². The largest absolute Gasteiger partial charge is 0.378 e. The van der Waals surface area contributed by atoms with Gasteiger partial charge in [-0.05, 0) is 12.1 Å². The van der Waals surface area contributed by atoms with Crippen LogP contribution in [0, 0.1) is 0 Å². The molecule has 0 unspecified atom stereocenters. The van der Waals surface area contributed by atoms with Gasteiger partial charge < -0.3 is 9.64 Å². The average Bonchev–Trinajstić information content (AvgIpc) is 3.04. The van der Waals surface area contributed by atoms with E-state index in [1.54, 1.807) is 17.6 Å². The Kier molecular flexibility index (Phi) is 3.66. The van der Waals surface area contributed by atoms with E-state index in [0.29, 0.717) is 0 Å². The smallest absolute Gasteiger partial charge is 0.344 e. The molecule has 0 saturated carbocycles. The van der Waals surface area contributed by atoms with Gasteiger partial charge in [0.15, 0.2) is 0 Å². The SMILES string of the molecule is O=C1CN(/N=C/c2ccc(N3CCOCC3)s2)C(=O)N1. The number of urea groups is 1. The lowest BCUT2D eigenvalue weighted by Crippen LogP contribution is -2.35. The van der Waals surface area contributed by atoms with E-state index in [2.05, 4.69) is 15.3 Å². The minimum atomic E-state index is -0.476. The Hall–Kier alpha value is -1.93. The number of hydrogen-bond donors (Lipinski definition) is 1. The minimum absolute atomic E-state index is 0.0168. The lowest BCUT2D eigenvalue weighted by Gasteiger charge is -2.27. The first-order valence-electron chi connectivity index (χ1n) is 6.30. The number of hydrazone groups is 1. The summed E-state index contributed by atoms with van der Waals surface area (Å²) in [5.74, 6) is -0.327. The van der Waals surface area contributed by atoms with Crippen LogP contribution >= 0.6 is 11.3 Å². The molecule has 1 aromatic heterocycles. The van der Waals surface area contributed by atoms with Crippen molar-refractivity contribution in [1.29, 1.82) is 0 Å². The highest BCUT2D eigenvalue weighted by atomic mass is 32.1. The molecule has 3 rings (SSSR count). The van der Waals surface area contributed by atoms with Gasteiger partial charge >= 0.3 is 6.03 Å². The highest BCUT2D eigenvalue weighted by Crippen LogP contribution is 2.25. The van der Waals surface area contributed by atoms with Crippen LogP contribution in [0.1, 0.15) is 4.88 Å². The molecule has 0 bridgehead atoms. The van der Waals surface area contributed by atoms with Crippen molar-refractivity contribution in [2.24, 2.45) is 5.10 Å². The molecule has 20 heavy (non-hydrogen) atoms. The third-order valence-corrected chi connectivity index (χ3v) is 4.11. The van der Waals surface area contributed by atoms with Gasteiger partial charge in [0, 0.05) is 18.0 Å². The monoisotopic (exact) mass is 294 g/mol. The van der Waals surface area contributed by atoms with Crippen molar-refractivity contribution in [3.8, 4) is 0 Å². The van der Waals surface area contributed by atoms with Gasteiger partial charge in [-0.25, -0.2) is 9.80 Å². The van der Waals surface area contributed by atoms with Crippen molar-refractivity contribution >= 4 is 34.5 Å². The van der Waals surface area contributed by atoms with E-state index in [1.165, 1.54) is 0 Å². The lowest BCUT2D eigenvalue weighted by atomic mass is 10.4. The number of anilines is 1. The highest BCUT2D eigenvalue weighted by Gasteiger charge is 2.25. The van der Waals surface area contributed by atoms with Gasteiger partial charge in [0.25, 0.3) is 0 Å². The van der Waals surface area contributed by atoms with E-state index >= 15 is 0 Å². The predicted octanol–water partition coefficient (Wildman–Crippen LogP) is 0.470. The zero-order valence-electron chi connectivity index (χ0n) is 10.7. The number of carbonyl (C=O) groups is 2. The number of thiophene rings is 1. The topological polar surface area (TPSA) is 74.2 Å². The van der Waals surface area contributed by atoms with Gasteiger partial charge in [-0.2, -0.15) is 5.10 Å². The predicted molar refractivity (Wildman–Crippen MR) is 75.2 cm³/mol. The molecule has 0 spiro atoms. The quantitative estimate of drug-likeness (QED) is 0.649. The van der Waals surface area contributed by atoms with Gasteiger partial charge in [0.05, 0.1) is 24.4 Å². The zero-order valence-corrected chi connectivity index (χ0v) is 11.6. The average molecular weight is 294 g/mol. The second-order valence-corrected chi connectivity index (χ2v) is 5.52. The fourth-order valence-corrected chi connectivity index (χ4v) is 2.94. The number of ether oxygens (including phenoxy) is 1. The summed E-state index contributed by atoms with van der Waals surface area (Å²) in [7, 11) is 0. The Bertz CT molecular complexity index is 551. The highest BCUT2D eigenvalue weighted by molar-refractivity contribution is 7.17. The standard InChI is InChI=1S/C12H14N4O3S/c17-10-8-16(12(18)14-10)13-7-9-1-2-11(20-9)15-3-5-19-6-4-15/h1-2,7H,3-6,8H2,(H,14,17,18)/b13-7+. The Morgan fingerprint density at radius 3 is 2.80 bits per heavy atom. The molecule has 2 saturated heterocycles. The molecule has 8 heteroatoms. The number of morpholine rings is 1. The van der Waals surface area contributed by atoms with Gasteiger partial charge in [0.1, 0.15) is 6.54 Å². The zero-order chi connectivity index (χ0) is 13.9. The summed E-state index contributed by atoms with van der Waals surface area (Å²) in [4.78, 5) is 25.5. The Morgan fingerprint density at radius 1 is 1.30 bits per heavy atom. The summed E-state index contributed by atoms with van der Waals surface area (Å²) < 4.78 is 5.32. The Balaban J connectivity index is 1.65. The van der Waals surface area contributed by atoms with Crippen molar-refractivity contribution in [1.82, 2.24) is 10.3 Å². The molecule has 2 fully saturated rings. The molecular formula is C12H14N4O3S. The molecule has 0 aromatic carbocycles. The number of carbonyl (C=O) groups excluding carboxylic acids is 2. The molecular weight excluding hydrogens is 280 g/mol. The fraction of sp³-hybridized carbons (Fsp3) is 0.417. The van der Waals surface area contributed by atoms with E-state index in [1.807, 2.05) is 12.1 Å². The van der Waals surface area contributed by atoms with Gasteiger partial charge in [-0.15, -0.1) is 11.3 Å². The summed E-state index contributed by atoms with van der Waals surface area (Å²) in [5.41, 5.74) is 0. The van der Waals surface area contributed by atoms with Gasteiger partial charge in [-0.1, -0.05) is 0 Å². The molecule has 1 N–H and O–H groups in total. The summed E-state index contributed by atoms with van der Waals surface area (Å²) in [6, 6.07) is 3.51. The lowest BCUT2D eigenvalue weighted by molar-refractivity contribution is -0.118. The second-order valence-electron chi connectivity index (χ2n) is 4.43. The number of amides is 3. The van der Waals surface area contributed by atoms with E-state index in [0.717, 1.165) is 41.2 Å². The van der Waals surface area contributed by atoms with Crippen LogP contribution in [0.5, 0.6) is 0 Å². The number of rotatable bonds is 3. The maximum Gasteiger partial charge on any atom is 0.344 e. The number of nitrogens with one attached hydrogen (secondary N) is 1. The third kappa shape index (κ3) is 2.81. The molecule has 7 nitrogen and oxygen atoms in total. The normalized spacial score (nSPS) is 20.0. The van der Waals surface area contributed by atoms with Crippen molar-refractivity contribution in [2.75, 3.05) is 37.7 Å². The van der Waals surface area contributed by atoms with Crippen molar-refractivity contribution in [3.63, 3.8) is 0 Å². The van der Waals surface area contributed by atoms with Crippen molar-refractivity contribution in [2.45, 2.75) is 0 Å². The first-order chi connectivity index (χ1) is 9.72. The van der Waals surface area contributed by atoms with Crippen LogP contribution < -0.4 is 10.2 Å². The first-order valence-corrected chi connectivity index (χ1v) is 7.12. The molecule has 3 heterocycles. The van der Waals surface area contributed by atoms with Crippen molar-refractivity contribution < 1.29 is 14.3 Å². The maximum absolute atomic E-state index is 11.3. The Morgan fingerprint density at radius 2 is 2.10 bits per heavy atom. The molecule has 2 aliphatic heterocycles. The third-order valence-electron chi connectivity index (χ3n) is 3.03. The van der Waals surface area contributed by atoms with E-state index in [4.69, 9.17) is 4.74 Å². The molecule has 0 aliphatic carbocycles. The van der Waals surface area contributed by atoms with Crippen molar-refractivity contribution in [3.05, 3.63) is 17.0 Å². The molecule has 2 aliphatic rings. The van der Waals surface area contributed by atoms with Crippen LogP contribution in [0.3, 0.4) is 0 Å². The van der Waals surface area contributed by atoms with Crippen LogP contribution in [0.4, 0.5) is 9.80 Å². The van der Waals surface area contributed by atoms with Crippen LogP contribution in [0.25, 0.3) is 0 Å². The van der Waals surface area contributed by atoms with E-state index < -0.39 is 6.03 Å².